The number of aryl methyl sites for hydroxylation is 1. The lowest BCUT2D eigenvalue weighted by atomic mass is 9.79. The highest BCUT2D eigenvalue weighted by Gasteiger charge is 2.36. The highest BCUT2D eigenvalue weighted by atomic mass is 16.5. The van der Waals surface area contributed by atoms with Gasteiger partial charge in [0.05, 0.1) is 13.7 Å². The second-order valence-corrected chi connectivity index (χ2v) is 8.61. The molecule has 27 heavy (non-hydrogen) atoms. The van der Waals surface area contributed by atoms with Gasteiger partial charge < -0.3 is 15.6 Å². The first-order valence-corrected chi connectivity index (χ1v) is 10.2. The van der Waals surface area contributed by atoms with E-state index < -0.39 is 0 Å². The van der Waals surface area contributed by atoms with E-state index in [1.807, 2.05) is 6.07 Å². The van der Waals surface area contributed by atoms with E-state index in [9.17, 15) is 5.11 Å². The number of aliphatic hydroxyl groups is 1. The molecule has 144 valence electrons. The third-order valence-electron chi connectivity index (χ3n) is 6.69. The van der Waals surface area contributed by atoms with Gasteiger partial charge in [0.15, 0.2) is 0 Å². The summed E-state index contributed by atoms with van der Waals surface area (Å²) >= 11 is 0. The standard InChI is InChI=1S/C24H31NO2/c1-27-23-5-3-2-4-21(23)13-17-6-7-19-14-20(9-8-18(19)12-17)22-10-11-24(25,15-22)16-26/h2-5,8-9,14,17,22,26H,6-7,10-13,15-16,25H2,1H3/t17-,22-,24+/m0/s1. The van der Waals surface area contributed by atoms with Gasteiger partial charge in [0.25, 0.3) is 0 Å². The summed E-state index contributed by atoms with van der Waals surface area (Å²) in [6, 6.07) is 15.5. The predicted molar refractivity (Wildman–Crippen MR) is 109 cm³/mol. The summed E-state index contributed by atoms with van der Waals surface area (Å²) in [5, 5.41) is 9.54. The zero-order valence-electron chi connectivity index (χ0n) is 16.3. The topological polar surface area (TPSA) is 55.5 Å². The predicted octanol–water partition coefficient (Wildman–Crippen LogP) is 4.00. The lowest BCUT2D eigenvalue weighted by Crippen LogP contribution is -2.40. The average Bonchev–Trinajstić information content (AvgIpc) is 3.11. The highest BCUT2D eigenvalue weighted by Crippen LogP contribution is 2.41. The minimum absolute atomic E-state index is 0.0963. The molecule has 3 N–H and O–H groups in total. The molecule has 3 heteroatoms. The SMILES string of the molecule is COc1ccccc1C[C@H]1CCc2cc([C@H]3CC[C@](N)(CO)C3)ccc2C1. The number of para-hydroxylation sites is 1. The third-order valence-corrected chi connectivity index (χ3v) is 6.69. The van der Waals surface area contributed by atoms with E-state index in [4.69, 9.17) is 10.5 Å². The maximum atomic E-state index is 9.54. The zero-order chi connectivity index (χ0) is 18.9. The van der Waals surface area contributed by atoms with Crippen molar-refractivity contribution in [1.29, 1.82) is 0 Å². The summed E-state index contributed by atoms with van der Waals surface area (Å²) in [4.78, 5) is 0. The Morgan fingerprint density at radius 1 is 1.15 bits per heavy atom. The van der Waals surface area contributed by atoms with Gasteiger partial charge in [-0.2, -0.15) is 0 Å². The Kier molecular flexibility index (Phi) is 5.25. The van der Waals surface area contributed by atoms with Crippen molar-refractivity contribution in [2.24, 2.45) is 11.7 Å². The van der Waals surface area contributed by atoms with E-state index in [1.54, 1.807) is 7.11 Å². The molecule has 0 aliphatic heterocycles. The molecule has 2 aliphatic rings. The van der Waals surface area contributed by atoms with Gasteiger partial charge in [-0.25, -0.2) is 0 Å². The second kappa shape index (κ2) is 7.65. The molecule has 2 aromatic carbocycles. The first kappa shape index (κ1) is 18.5. The van der Waals surface area contributed by atoms with Crippen LogP contribution in [0.25, 0.3) is 0 Å². The van der Waals surface area contributed by atoms with Crippen molar-refractivity contribution in [2.75, 3.05) is 13.7 Å². The van der Waals surface area contributed by atoms with Crippen LogP contribution < -0.4 is 10.5 Å². The third kappa shape index (κ3) is 3.90. The summed E-state index contributed by atoms with van der Waals surface area (Å²) in [5.74, 6) is 2.19. The molecular weight excluding hydrogens is 334 g/mol. The number of hydrogen-bond donors (Lipinski definition) is 2. The number of methoxy groups -OCH3 is 1. The summed E-state index contributed by atoms with van der Waals surface area (Å²) < 4.78 is 5.53. The molecule has 0 amide bonds. The van der Waals surface area contributed by atoms with Gasteiger partial charge in [-0.1, -0.05) is 36.4 Å². The second-order valence-electron chi connectivity index (χ2n) is 8.61. The van der Waals surface area contributed by atoms with E-state index >= 15 is 0 Å². The van der Waals surface area contributed by atoms with Crippen LogP contribution in [0.1, 0.15) is 53.9 Å². The van der Waals surface area contributed by atoms with Crippen LogP contribution in [-0.4, -0.2) is 24.4 Å². The van der Waals surface area contributed by atoms with Gasteiger partial charge in [0, 0.05) is 5.54 Å². The monoisotopic (exact) mass is 365 g/mol. The molecule has 0 spiro atoms. The summed E-state index contributed by atoms with van der Waals surface area (Å²) in [7, 11) is 1.76. The molecule has 4 rings (SSSR count). The van der Waals surface area contributed by atoms with Gasteiger partial charge in [-0.15, -0.1) is 0 Å². The van der Waals surface area contributed by atoms with Crippen molar-refractivity contribution in [3.8, 4) is 5.75 Å². The minimum atomic E-state index is -0.375. The van der Waals surface area contributed by atoms with E-state index in [-0.39, 0.29) is 12.1 Å². The number of aliphatic hydroxyl groups excluding tert-OH is 1. The van der Waals surface area contributed by atoms with Crippen molar-refractivity contribution in [3.05, 3.63) is 64.7 Å². The van der Waals surface area contributed by atoms with E-state index in [2.05, 4.69) is 36.4 Å². The van der Waals surface area contributed by atoms with Crippen molar-refractivity contribution < 1.29 is 9.84 Å². The molecule has 0 unspecified atom stereocenters. The molecule has 3 atom stereocenters. The molecule has 0 saturated heterocycles. The van der Waals surface area contributed by atoms with Crippen LogP contribution in [-0.2, 0) is 19.3 Å². The summed E-state index contributed by atoms with van der Waals surface area (Å²) in [6.07, 6.45) is 7.53. The molecule has 0 bridgehead atoms. The number of benzene rings is 2. The molecule has 2 aromatic rings. The fourth-order valence-corrected chi connectivity index (χ4v) is 5.05. The number of ether oxygens (including phenoxy) is 1. The van der Waals surface area contributed by atoms with Gasteiger partial charge in [-0.05, 0) is 85.1 Å². The lowest BCUT2D eigenvalue weighted by Gasteiger charge is -2.27. The smallest absolute Gasteiger partial charge is 0.122 e. The van der Waals surface area contributed by atoms with Crippen LogP contribution in [0.4, 0.5) is 0 Å². The van der Waals surface area contributed by atoms with Gasteiger partial charge in [0.1, 0.15) is 5.75 Å². The summed E-state index contributed by atoms with van der Waals surface area (Å²) in [5.41, 5.74) is 11.7. The van der Waals surface area contributed by atoms with E-state index in [0.717, 1.165) is 44.3 Å². The Balaban J connectivity index is 1.45. The molecule has 0 heterocycles. The van der Waals surface area contributed by atoms with Gasteiger partial charge in [0.2, 0.25) is 0 Å². The van der Waals surface area contributed by atoms with E-state index in [0.29, 0.717) is 11.8 Å². The van der Waals surface area contributed by atoms with Crippen LogP contribution in [0.3, 0.4) is 0 Å². The van der Waals surface area contributed by atoms with Crippen molar-refractivity contribution in [1.82, 2.24) is 0 Å². The number of rotatable bonds is 5. The van der Waals surface area contributed by atoms with E-state index in [1.165, 1.54) is 28.7 Å². The first-order valence-electron chi connectivity index (χ1n) is 10.2. The molecule has 3 nitrogen and oxygen atoms in total. The molecule has 2 aliphatic carbocycles. The van der Waals surface area contributed by atoms with Crippen LogP contribution in [0.2, 0.25) is 0 Å². The Hall–Kier alpha value is -1.84. The zero-order valence-corrected chi connectivity index (χ0v) is 16.3. The quantitative estimate of drug-likeness (QED) is 0.842. The minimum Gasteiger partial charge on any atom is -0.496 e. The maximum Gasteiger partial charge on any atom is 0.122 e. The number of hydrogen-bond acceptors (Lipinski definition) is 3. The Morgan fingerprint density at radius 3 is 2.78 bits per heavy atom. The van der Waals surface area contributed by atoms with Crippen molar-refractivity contribution >= 4 is 0 Å². The molecular formula is C24H31NO2. The molecule has 1 fully saturated rings. The number of nitrogens with two attached hydrogens (primary N) is 1. The Labute approximate surface area is 162 Å². The van der Waals surface area contributed by atoms with Crippen LogP contribution in [0, 0.1) is 5.92 Å². The molecule has 0 aromatic heterocycles. The Bertz CT molecular complexity index is 803. The molecule has 1 saturated carbocycles. The fraction of sp³-hybridized carbons (Fsp3) is 0.500. The first-order chi connectivity index (χ1) is 13.1. The number of fused-ring (bicyclic) bond motifs is 1. The molecule has 0 radical (unpaired) electrons. The lowest BCUT2D eigenvalue weighted by molar-refractivity contribution is 0.198. The normalized spacial score (nSPS) is 27.4. The maximum absolute atomic E-state index is 9.54. The largest absolute Gasteiger partial charge is 0.496 e. The highest BCUT2D eigenvalue weighted by molar-refractivity contribution is 5.38. The van der Waals surface area contributed by atoms with Crippen molar-refractivity contribution in [3.63, 3.8) is 0 Å². The van der Waals surface area contributed by atoms with Gasteiger partial charge >= 0.3 is 0 Å². The van der Waals surface area contributed by atoms with Crippen molar-refractivity contribution in [2.45, 2.75) is 56.4 Å². The fourth-order valence-electron chi connectivity index (χ4n) is 5.05. The Morgan fingerprint density at radius 2 is 2.00 bits per heavy atom. The van der Waals surface area contributed by atoms with Crippen LogP contribution in [0.15, 0.2) is 42.5 Å². The van der Waals surface area contributed by atoms with Crippen LogP contribution >= 0.6 is 0 Å². The summed E-state index contributed by atoms with van der Waals surface area (Å²) in [6.45, 7) is 0.0963. The van der Waals surface area contributed by atoms with Crippen LogP contribution in [0.5, 0.6) is 5.75 Å². The van der Waals surface area contributed by atoms with Gasteiger partial charge in [-0.3, -0.25) is 0 Å². The average molecular weight is 366 g/mol.